The van der Waals surface area contributed by atoms with Crippen molar-refractivity contribution < 1.29 is 13.2 Å². The van der Waals surface area contributed by atoms with Gasteiger partial charge >= 0.3 is 0 Å². The highest BCUT2D eigenvalue weighted by atomic mass is 32.2. The predicted molar refractivity (Wildman–Crippen MR) is 83.3 cm³/mol. The molecule has 0 bridgehead atoms. The van der Waals surface area contributed by atoms with Crippen LogP contribution < -0.4 is 0 Å². The summed E-state index contributed by atoms with van der Waals surface area (Å²) in [5.74, 6) is -0.132. The Morgan fingerprint density at radius 3 is 2.32 bits per heavy atom. The molecule has 0 saturated carbocycles. The number of aromatic nitrogens is 2. The van der Waals surface area contributed by atoms with Crippen molar-refractivity contribution in [1.29, 1.82) is 0 Å². The van der Waals surface area contributed by atoms with Gasteiger partial charge in [-0.25, -0.2) is 8.42 Å². The van der Waals surface area contributed by atoms with Gasteiger partial charge < -0.3 is 4.90 Å². The summed E-state index contributed by atoms with van der Waals surface area (Å²) in [5.41, 5.74) is 1.39. The molecule has 22 heavy (non-hydrogen) atoms. The average Bonchev–Trinajstić information content (AvgIpc) is 2.90. The van der Waals surface area contributed by atoms with E-state index in [4.69, 9.17) is 0 Å². The molecule has 1 aromatic heterocycles. The van der Waals surface area contributed by atoms with Gasteiger partial charge in [0.2, 0.25) is 0 Å². The molecule has 0 radical (unpaired) electrons. The van der Waals surface area contributed by atoms with Crippen LogP contribution in [0, 0.1) is 0 Å². The lowest BCUT2D eigenvalue weighted by atomic mass is 10.1. The number of carbonyl (C=O) groups excluding carboxylic acids is 1. The fourth-order valence-electron chi connectivity index (χ4n) is 2.13. The van der Waals surface area contributed by atoms with E-state index in [1.54, 1.807) is 54.1 Å². The van der Waals surface area contributed by atoms with E-state index in [1.165, 1.54) is 12.5 Å². The molecule has 1 heterocycles. The lowest BCUT2D eigenvalue weighted by Gasteiger charge is -2.25. The van der Waals surface area contributed by atoms with Crippen molar-refractivity contribution in [1.82, 2.24) is 14.7 Å². The zero-order chi connectivity index (χ0) is 16.5. The van der Waals surface area contributed by atoms with Crippen LogP contribution in [-0.4, -0.2) is 42.3 Å². The minimum Gasteiger partial charge on any atom is -0.335 e. The Morgan fingerprint density at radius 1 is 1.27 bits per heavy atom. The summed E-state index contributed by atoms with van der Waals surface area (Å²) in [6.45, 7) is 1.89. The van der Waals surface area contributed by atoms with Crippen LogP contribution in [0.25, 0.3) is 0 Å². The molecule has 6 nitrogen and oxygen atoms in total. The van der Waals surface area contributed by atoms with Gasteiger partial charge in [-0.1, -0.05) is 12.1 Å². The summed E-state index contributed by atoms with van der Waals surface area (Å²) in [6.07, 6.45) is 4.36. The molecule has 7 heteroatoms. The molecule has 1 aromatic carbocycles. The fraction of sp³-hybridized carbons (Fsp3) is 0.333. The van der Waals surface area contributed by atoms with Crippen LogP contribution in [0.2, 0.25) is 0 Å². The zero-order valence-corrected chi connectivity index (χ0v) is 13.8. The number of hydrogen-bond acceptors (Lipinski definition) is 4. The van der Waals surface area contributed by atoms with Gasteiger partial charge in [-0.05, 0) is 24.6 Å². The van der Waals surface area contributed by atoms with Crippen LogP contribution in [0.3, 0.4) is 0 Å². The van der Waals surface area contributed by atoms with Gasteiger partial charge in [-0.3, -0.25) is 9.48 Å². The van der Waals surface area contributed by atoms with Crippen LogP contribution in [-0.2, 0) is 16.9 Å². The normalized spacial score (nSPS) is 12.9. The summed E-state index contributed by atoms with van der Waals surface area (Å²) in [6, 6.07) is 6.40. The van der Waals surface area contributed by atoms with Crippen molar-refractivity contribution >= 4 is 15.7 Å². The number of nitrogens with zero attached hydrogens (tertiary/aromatic N) is 3. The van der Waals surface area contributed by atoms with Gasteiger partial charge in [-0.15, -0.1) is 0 Å². The lowest BCUT2D eigenvalue weighted by Crippen LogP contribution is -2.29. The maximum atomic E-state index is 12.4. The number of aryl methyl sites for hydroxylation is 1. The van der Waals surface area contributed by atoms with E-state index in [0.29, 0.717) is 5.56 Å². The van der Waals surface area contributed by atoms with Gasteiger partial charge in [0.25, 0.3) is 5.91 Å². The number of rotatable bonds is 4. The van der Waals surface area contributed by atoms with E-state index >= 15 is 0 Å². The van der Waals surface area contributed by atoms with Crippen molar-refractivity contribution in [3.8, 4) is 0 Å². The zero-order valence-electron chi connectivity index (χ0n) is 13.0. The smallest absolute Gasteiger partial charge is 0.257 e. The van der Waals surface area contributed by atoms with Crippen molar-refractivity contribution in [2.24, 2.45) is 7.05 Å². The summed E-state index contributed by atoms with van der Waals surface area (Å²) >= 11 is 0. The highest BCUT2D eigenvalue weighted by Gasteiger charge is 2.20. The van der Waals surface area contributed by atoms with E-state index < -0.39 is 9.84 Å². The second kappa shape index (κ2) is 5.92. The quantitative estimate of drug-likeness (QED) is 0.858. The first kappa shape index (κ1) is 16.2. The SMILES string of the molecule is CC(c1ccc(S(C)(=O)=O)cc1)N(C)C(=O)c1cnn(C)c1. The van der Waals surface area contributed by atoms with Crippen LogP contribution in [0.4, 0.5) is 0 Å². The molecule has 1 amide bonds. The molecule has 1 unspecified atom stereocenters. The summed E-state index contributed by atoms with van der Waals surface area (Å²) in [5, 5.41) is 3.99. The third kappa shape index (κ3) is 3.36. The Bertz CT molecular complexity index is 779. The molecule has 118 valence electrons. The standard InChI is InChI=1S/C15H19N3O3S/c1-11(12-5-7-14(8-6-12)22(4,20)21)18(3)15(19)13-9-16-17(2)10-13/h5-11H,1-4H3. The molecule has 2 rings (SSSR count). The van der Waals surface area contributed by atoms with Crippen molar-refractivity contribution in [2.75, 3.05) is 13.3 Å². The molecule has 0 saturated heterocycles. The van der Waals surface area contributed by atoms with E-state index in [-0.39, 0.29) is 16.8 Å². The molecule has 0 spiro atoms. The highest BCUT2D eigenvalue weighted by Crippen LogP contribution is 2.22. The summed E-state index contributed by atoms with van der Waals surface area (Å²) in [7, 11) is 0.253. The Kier molecular flexibility index (Phi) is 4.37. The Labute approximate surface area is 130 Å². The fourth-order valence-corrected chi connectivity index (χ4v) is 2.76. The third-order valence-corrected chi connectivity index (χ3v) is 4.77. The summed E-state index contributed by atoms with van der Waals surface area (Å²) < 4.78 is 24.5. The van der Waals surface area contributed by atoms with E-state index in [9.17, 15) is 13.2 Å². The van der Waals surface area contributed by atoms with Crippen molar-refractivity contribution in [2.45, 2.75) is 17.9 Å². The number of carbonyl (C=O) groups is 1. The maximum Gasteiger partial charge on any atom is 0.257 e. The number of hydrogen-bond donors (Lipinski definition) is 0. The van der Waals surface area contributed by atoms with E-state index in [2.05, 4.69) is 5.10 Å². The number of amides is 1. The van der Waals surface area contributed by atoms with Gasteiger partial charge in [-0.2, -0.15) is 5.10 Å². The van der Waals surface area contributed by atoms with Crippen molar-refractivity contribution in [3.63, 3.8) is 0 Å². The second-order valence-electron chi connectivity index (χ2n) is 5.34. The predicted octanol–water partition coefficient (Wildman–Crippen LogP) is 1.66. The average molecular weight is 321 g/mol. The minimum absolute atomic E-state index is 0.132. The maximum absolute atomic E-state index is 12.4. The van der Waals surface area contributed by atoms with Crippen molar-refractivity contribution in [3.05, 3.63) is 47.8 Å². The first-order chi connectivity index (χ1) is 10.2. The second-order valence-corrected chi connectivity index (χ2v) is 7.35. The third-order valence-electron chi connectivity index (χ3n) is 3.64. The Balaban J connectivity index is 2.20. The molecule has 0 aliphatic carbocycles. The molecule has 2 aromatic rings. The lowest BCUT2D eigenvalue weighted by molar-refractivity contribution is 0.0742. The Morgan fingerprint density at radius 2 is 1.86 bits per heavy atom. The number of sulfone groups is 1. The Hall–Kier alpha value is -2.15. The monoisotopic (exact) mass is 321 g/mol. The van der Waals surface area contributed by atoms with Crippen LogP contribution in [0.1, 0.15) is 28.9 Å². The van der Waals surface area contributed by atoms with E-state index in [0.717, 1.165) is 5.56 Å². The van der Waals surface area contributed by atoms with Gasteiger partial charge in [0, 0.05) is 26.5 Å². The topological polar surface area (TPSA) is 72.3 Å². The molecule has 0 N–H and O–H groups in total. The van der Waals surface area contributed by atoms with Crippen LogP contribution in [0.5, 0.6) is 0 Å². The first-order valence-corrected chi connectivity index (χ1v) is 8.65. The summed E-state index contributed by atoms with van der Waals surface area (Å²) in [4.78, 5) is 14.2. The first-order valence-electron chi connectivity index (χ1n) is 6.76. The largest absolute Gasteiger partial charge is 0.335 e. The van der Waals surface area contributed by atoms with Gasteiger partial charge in [0.1, 0.15) is 0 Å². The van der Waals surface area contributed by atoms with Crippen LogP contribution >= 0.6 is 0 Å². The molecular weight excluding hydrogens is 302 g/mol. The molecule has 0 fully saturated rings. The molecular formula is C15H19N3O3S. The van der Waals surface area contributed by atoms with Gasteiger partial charge in [0.15, 0.2) is 9.84 Å². The molecule has 1 atom stereocenters. The molecule has 0 aliphatic heterocycles. The van der Waals surface area contributed by atoms with E-state index in [1.807, 2.05) is 6.92 Å². The van der Waals surface area contributed by atoms with Gasteiger partial charge in [0.05, 0.1) is 22.7 Å². The highest BCUT2D eigenvalue weighted by molar-refractivity contribution is 7.90. The van der Waals surface area contributed by atoms with Crippen LogP contribution in [0.15, 0.2) is 41.6 Å². The number of benzene rings is 1. The molecule has 0 aliphatic rings. The minimum atomic E-state index is -3.21.